The number of anilines is 1. The normalized spacial score (nSPS) is 15.9. The van der Waals surface area contributed by atoms with Gasteiger partial charge in [-0.25, -0.2) is 19.9 Å². The molecule has 0 bridgehead atoms. The molecule has 0 unspecified atom stereocenters. The maximum atomic E-state index is 13.3. The van der Waals surface area contributed by atoms with Crippen LogP contribution < -0.4 is 10.2 Å². The summed E-state index contributed by atoms with van der Waals surface area (Å²) in [5.74, 6) is 1.01. The average molecular weight is 609 g/mol. The molecule has 230 valence electrons. The Morgan fingerprint density at radius 3 is 2.37 bits per heavy atom. The van der Waals surface area contributed by atoms with E-state index >= 15 is 0 Å². The van der Waals surface area contributed by atoms with E-state index < -0.39 is 31.0 Å². The molecule has 1 aliphatic heterocycles. The second-order valence-electron chi connectivity index (χ2n) is 10.6. The zero-order chi connectivity index (χ0) is 30.9. The van der Waals surface area contributed by atoms with Crippen LogP contribution in [0.4, 0.5) is 32.3 Å². The molecule has 0 amide bonds. The van der Waals surface area contributed by atoms with E-state index in [9.17, 15) is 26.3 Å². The third-order valence-electron chi connectivity index (χ3n) is 7.05. The van der Waals surface area contributed by atoms with Gasteiger partial charge in [-0.3, -0.25) is 0 Å². The zero-order valence-electron chi connectivity index (χ0n) is 23.7. The summed E-state index contributed by atoms with van der Waals surface area (Å²) in [4.78, 5) is 22.5. The molecule has 0 atom stereocenters. The molecule has 5 rings (SSSR count). The van der Waals surface area contributed by atoms with E-state index in [1.165, 1.54) is 22.9 Å². The summed E-state index contributed by atoms with van der Waals surface area (Å²) in [6.45, 7) is 3.40. The summed E-state index contributed by atoms with van der Waals surface area (Å²) >= 11 is 0. The second kappa shape index (κ2) is 11.8. The van der Waals surface area contributed by atoms with Crippen molar-refractivity contribution < 1.29 is 31.1 Å². The van der Waals surface area contributed by atoms with Gasteiger partial charge in [0.2, 0.25) is 11.8 Å². The molecule has 15 heteroatoms. The number of methoxy groups -OCH3 is 1. The van der Waals surface area contributed by atoms with Gasteiger partial charge in [0.05, 0.1) is 13.5 Å². The van der Waals surface area contributed by atoms with Crippen LogP contribution in [0.2, 0.25) is 0 Å². The lowest BCUT2D eigenvalue weighted by molar-refractivity contribution is -0.141. The largest absolute Gasteiger partial charge is 0.481 e. The molecule has 3 heterocycles. The van der Waals surface area contributed by atoms with Crippen molar-refractivity contribution in [1.29, 1.82) is 0 Å². The Labute approximate surface area is 243 Å². The van der Waals surface area contributed by atoms with E-state index in [2.05, 4.69) is 30.2 Å². The molecule has 1 aliphatic carbocycles. The number of hydrogen-bond acceptors (Lipinski definition) is 8. The summed E-state index contributed by atoms with van der Waals surface area (Å²) in [6.07, 6.45) is -5.97. The van der Waals surface area contributed by atoms with E-state index in [0.29, 0.717) is 29.3 Å². The number of aliphatic imine (C=N–C) groups is 1. The lowest BCUT2D eigenvalue weighted by Crippen LogP contribution is -2.31. The Bertz CT molecular complexity index is 1510. The molecule has 1 saturated carbocycles. The minimum atomic E-state index is -4.60. The monoisotopic (exact) mass is 608 g/mol. The quantitative estimate of drug-likeness (QED) is 0.297. The first-order valence-electron chi connectivity index (χ1n) is 13.7. The topological polar surface area (TPSA) is 93.4 Å². The van der Waals surface area contributed by atoms with E-state index in [0.717, 1.165) is 24.7 Å². The summed E-state index contributed by atoms with van der Waals surface area (Å²) in [5, 5.41) is 3.25. The van der Waals surface area contributed by atoms with Crippen molar-refractivity contribution >= 4 is 17.4 Å². The molecular formula is C28H30F6N8O. The first-order valence-corrected chi connectivity index (χ1v) is 13.7. The Morgan fingerprint density at radius 1 is 1.05 bits per heavy atom. The standard InChI is InChI=1S/C28H30F6N8O/c1-16(2)42-13-20(28(32,33)34)39-24(42)19-6-4-17(5-7-19)12-41(11-10-27(29,30)31)26-38-15-36-23(40-26)21-22(18-8-9-18)35-14-37-25(21)43-3/h4-7,13,15-16,18,35H,8-12,14H2,1-3H3. The number of ether oxygens (including phenoxy) is 1. The summed E-state index contributed by atoms with van der Waals surface area (Å²) < 4.78 is 86.8. The molecular weight excluding hydrogens is 578 g/mol. The fourth-order valence-corrected chi connectivity index (χ4v) is 4.77. The van der Waals surface area contributed by atoms with Gasteiger partial charge in [0.1, 0.15) is 24.4 Å². The number of alkyl halides is 6. The highest BCUT2D eigenvalue weighted by Gasteiger charge is 2.36. The van der Waals surface area contributed by atoms with Crippen LogP contribution in [0.1, 0.15) is 56.2 Å². The maximum absolute atomic E-state index is 13.3. The highest BCUT2D eigenvalue weighted by Crippen LogP contribution is 2.40. The predicted octanol–water partition coefficient (Wildman–Crippen LogP) is 6.02. The third kappa shape index (κ3) is 7.08. The Kier molecular flexibility index (Phi) is 8.34. The van der Waals surface area contributed by atoms with Crippen LogP contribution in [-0.2, 0) is 17.5 Å². The Hall–Kier alpha value is -4.17. The van der Waals surface area contributed by atoms with Gasteiger partial charge in [-0.1, -0.05) is 24.3 Å². The van der Waals surface area contributed by atoms with Crippen molar-refractivity contribution in [3.8, 4) is 11.4 Å². The number of aromatic nitrogens is 5. The van der Waals surface area contributed by atoms with Crippen molar-refractivity contribution in [3.05, 3.63) is 59.6 Å². The van der Waals surface area contributed by atoms with Crippen molar-refractivity contribution in [2.24, 2.45) is 10.9 Å². The predicted molar refractivity (Wildman–Crippen MR) is 147 cm³/mol. The van der Waals surface area contributed by atoms with Crippen LogP contribution in [0, 0.1) is 5.92 Å². The molecule has 2 aliphatic rings. The van der Waals surface area contributed by atoms with Gasteiger partial charge in [-0.2, -0.15) is 31.3 Å². The molecule has 0 saturated heterocycles. The Morgan fingerprint density at radius 2 is 1.77 bits per heavy atom. The summed E-state index contributed by atoms with van der Waals surface area (Å²) in [6, 6.07) is 6.18. The van der Waals surface area contributed by atoms with Gasteiger partial charge >= 0.3 is 12.4 Å². The molecule has 9 nitrogen and oxygen atoms in total. The molecule has 0 radical (unpaired) electrons. The molecule has 0 spiro atoms. The SMILES string of the molecule is COC1=NCNC(C2CC2)=C1c1ncnc(N(CCC(F)(F)F)Cc2ccc(-c3nc(C(F)(F)F)cn3C(C)C)cc2)n1. The number of nitrogens with zero attached hydrogens (tertiary/aromatic N) is 7. The van der Waals surface area contributed by atoms with Crippen LogP contribution in [0.25, 0.3) is 17.0 Å². The van der Waals surface area contributed by atoms with Gasteiger partial charge in [0.15, 0.2) is 11.5 Å². The van der Waals surface area contributed by atoms with Crippen LogP contribution >= 0.6 is 0 Å². The van der Waals surface area contributed by atoms with Crippen LogP contribution in [-0.4, -0.2) is 56.9 Å². The first-order chi connectivity index (χ1) is 20.3. The number of nitrogens with one attached hydrogen (secondary N) is 1. The van der Waals surface area contributed by atoms with Crippen molar-refractivity contribution in [3.63, 3.8) is 0 Å². The van der Waals surface area contributed by atoms with Gasteiger partial charge in [-0.05, 0) is 38.2 Å². The summed E-state index contributed by atoms with van der Waals surface area (Å²) in [7, 11) is 1.48. The maximum Gasteiger partial charge on any atom is 0.434 e. The van der Waals surface area contributed by atoms with Crippen LogP contribution in [0.5, 0.6) is 0 Å². The molecule has 1 N–H and O–H groups in total. The van der Waals surface area contributed by atoms with Crippen molar-refractivity contribution in [1.82, 2.24) is 29.8 Å². The molecule has 1 fully saturated rings. The number of hydrogen-bond donors (Lipinski definition) is 1. The lowest BCUT2D eigenvalue weighted by atomic mass is 10.1. The average Bonchev–Trinajstić information content (AvgIpc) is 3.70. The summed E-state index contributed by atoms with van der Waals surface area (Å²) in [5.41, 5.74) is 1.48. The minimum absolute atomic E-state index is 0.00421. The molecule has 1 aromatic carbocycles. The fourth-order valence-electron chi connectivity index (χ4n) is 4.77. The molecule has 2 aromatic heterocycles. The minimum Gasteiger partial charge on any atom is -0.481 e. The number of halogens is 6. The van der Waals surface area contributed by atoms with E-state index in [4.69, 9.17) is 4.74 Å². The van der Waals surface area contributed by atoms with E-state index in [1.54, 1.807) is 38.1 Å². The highest BCUT2D eigenvalue weighted by atomic mass is 19.4. The lowest BCUT2D eigenvalue weighted by Gasteiger charge is -2.25. The van der Waals surface area contributed by atoms with E-state index in [1.807, 2.05) is 0 Å². The number of imidazole rings is 1. The van der Waals surface area contributed by atoms with Crippen LogP contribution in [0.15, 0.2) is 47.5 Å². The second-order valence-corrected chi connectivity index (χ2v) is 10.6. The van der Waals surface area contributed by atoms with Gasteiger partial charge < -0.3 is 19.5 Å². The first kappa shape index (κ1) is 30.3. The highest BCUT2D eigenvalue weighted by molar-refractivity contribution is 6.20. The van der Waals surface area contributed by atoms with Crippen molar-refractivity contribution in [2.75, 3.05) is 25.2 Å². The smallest absolute Gasteiger partial charge is 0.434 e. The molecule has 3 aromatic rings. The van der Waals surface area contributed by atoms with Gasteiger partial charge in [-0.15, -0.1) is 0 Å². The number of rotatable bonds is 9. The van der Waals surface area contributed by atoms with E-state index in [-0.39, 0.29) is 36.1 Å². The molecule has 43 heavy (non-hydrogen) atoms. The van der Waals surface area contributed by atoms with Crippen LogP contribution in [0.3, 0.4) is 0 Å². The number of benzene rings is 1. The van der Waals surface area contributed by atoms with Crippen molar-refractivity contribution in [2.45, 2.75) is 58.0 Å². The van der Waals surface area contributed by atoms with Gasteiger partial charge in [0, 0.05) is 36.6 Å². The fraction of sp³-hybridized carbons (Fsp3) is 0.464. The number of allylic oxidation sites excluding steroid dienone is 1. The third-order valence-corrected chi connectivity index (χ3v) is 7.05. The zero-order valence-corrected chi connectivity index (χ0v) is 23.7. The van der Waals surface area contributed by atoms with Gasteiger partial charge in [0.25, 0.3) is 0 Å². The Balaban J connectivity index is 1.45.